The molecule has 0 unspecified atom stereocenters. The number of carbonyl (C=O) groups is 1. The summed E-state index contributed by atoms with van der Waals surface area (Å²) < 4.78 is 20.2. The lowest BCUT2D eigenvalue weighted by Crippen LogP contribution is -2.13. The number of nitrogens with zero attached hydrogens (tertiary/aromatic N) is 2. The van der Waals surface area contributed by atoms with Gasteiger partial charge >= 0.3 is 0 Å². The molecule has 0 spiro atoms. The molecule has 0 radical (unpaired) electrons. The fourth-order valence-electron chi connectivity index (χ4n) is 2.83. The molecule has 0 saturated heterocycles. The van der Waals surface area contributed by atoms with E-state index in [0.29, 0.717) is 28.0 Å². The van der Waals surface area contributed by atoms with Crippen molar-refractivity contribution in [1.29, 1.82) is 0 Å². The largest absolute Gasteiger partial charge is 0.335 e. The molecule has 4 aromatic rings. The maximum absolute atomic E-state index is 14.2. The van der Waals surface area contributed by atoms with Gasteiger partial charge < -0.3 is 9.84 Å². The van der Waals surface area contributed by atoms with Crippen LogP contribution in [0.1, 0.15) is 16.1 Å². The van der Waals surface area contributed by atoms with Gasteiger partial charge in [-0.05, 0) is 53.2 Å². The minimum atomic E-state index is -0.433. The van der Waals surface area contributed by atoms with Gasteiger partial charge in [-0.15, -0.1) is 0 Å². The molecule has 0 atom stereocenters. The number of nitrogens with one attached hydrogen (secondary N) is 1. The van der Waals surface area contributed by atoms with Crippen molar-refractivity contribution in [3.8, 4) is 11.3 Å². The van der Waals surface area contributed by atoms with Crippen LogP contribution in [-0.4, -0.2) is 16.0 Å². The summed E-state index contributed by atoms with van der Waals surface area (Å²) in [4.78, 5) is 17.3. The van der Waals surface area contributed by atoms with Crippen molar-refractivity contribution >= 4 is 38.6 Å². The fourth-order valence-corrected chi connectivity index (χ4v) is 3.22. The van der Waals surface area contributed by atoms with Crippen molar-refractivity contribution in [2.45, 2.75) is 6.92 Å². The Morgan fingerprint density at radius 3 is 2.67 bits per heavy atom. The highest BCUT2D eigenvalue weighted by Gasteiger charge is 2.21. The number of rotatable bonds is 3. The second-order valence-corrected chi connectivity index (χ2v) is 6.77. The first kappa shape index (κ1) is 17.4. The van der Waals surface area contributed by atoms with Gasteiger partial charge in [0.2, 0.25) is 0 Å². The van der Waals surface area contributed by atoms with Crippen LogP contribution in [0, 0.1) is 12.7 Å². The fraction of sp³-hybridized carbons (Fsp3) is 0.0500. The molecule has 1 amide bonds. The van der Waals surface area contributed by atoms with Crippen LogP contribution in [0.15, 0.2) is 63.6 Å². The Morgan fingerprint density at radius 1 is 1.15 bits per heavy atom. The van der Waals surface area contributed by atoms with Crippen molar-refractivity contribution in [1.82, 2.24) is 10.1 Å². The van der Waals surface area contributed by atoms with Crippen LogP contribution in [0.25, 0.3) is 22.4 Å². The Balaban J connectivity index is 1.86. The number of benzene rings is 2. The molecule has 2 aromatic carbocycles. The number of carbonyl (C=O) groups excluding carboxylic acids is 1. The summed E-state index contributed by atoms with van der Waals surface area (Å²) in [6.45, 7) is 1.73. The van der Waals surface area contributed by atoms with E-state index in [2.05, 4.69) is 31.4 Å². The molecule has 27 heavy (non-hydrogen) atoms. The van der Waals surface area contributed by atoms with E-state index < -0.39 is 5.82 Å². The molecule has 1 N–H and O–H groups in total. The van der Waals surface area contributed by atoms with Crippen molar-refractivity contribution in [2.24, 2.45) is 0 Å². The Bertz CT molecular complexity index is 1170. The molecule has 2 aromatic heterocycles. The Hall–Kier alpha value is -3.06. The molecule has 0 aliphatic heterocycles. The summed E-state index contributed by atoms with van der Waals surface area (Å²) in [5.41, 5.74) is 2.24. The molecule has 7 heteroatoms. The highest BCUT2D eigenvalue weighted by molar-refractivity contribution is 9.10. The third-order valence-corrected chi connectivity index (χ3v) is 4.83. The van der Waals surface area contributed by atoms with Crippen molar-refractivity contribution in [3.63, 3.8) is 0 Å². The van der Waals surface area contributed by atoms with Gasteiger partial charge in [0.15, 0.2) is 0 Å². The standard InChI is InChI=1S/C20H13BrFN3O2/c1-11-18-13(19(26)23-16-9-5-3-7-14(16)21)10-17(24-20(18)27-25-11)12-6-2-4-8-15(12)22/h2-10H,1H3,(H,23,26). The summed E-state index contributed by atoms with van der Waals surface area (Å²) in [7, 11) is 0. The predicted octanol–water partition coefficient (Wildman–Crippen LogP) is 5.35. The van der Waals surface area contributed by atoms with Crippen molar-refractivity contribution < 1.29 is 13.7 Å². The second-order valence-electron chi connectivity index (χ2n) is 5.92. The summed E-state index contributed by atoms with van der Waals surface area (Å²) in [5, 5.41) is 7.25. The van der Waals surface area contributed by atoms with Gasteiger partial charge in [-0.2, -0.15) is 0 Å². The molecular weight excluding hydrogens is 413 g/mol. The smallest absolute Gasteiger partial charge is 0.259 e. The van der Waals surface area contributed by atoms with E-state index in [1.807, 2.05) is 18.2 Å². The van der Waals surface area contributed by atoms with E-state index >= 15 is 0 Å². The molecule has 0 aliphatic carbocycles. The van der Waals surface area contributed by atoms with Crippen LogP contribution in [0.4, 0.5) is 10.1 Å². The molecule has 0 saturated carbocycles. The Kier molecular flexibility index (Phi) is 4.45. The van der Waals surface area contributed by atoms with Crippen LogP contribution in [0.3, 0.4) is 0 Å². The van der Waals surface area contributed by atoms with Crippen molar-refractivity contribution in [3.05, 3.63) is 76.1 Å². The molecule has 0 fully saturated rings. The zero-order valence-corrected chi connectivity index (χ0v) is 15.7. The van der Waals surface area contributed by atoms with E-state index in [4.69, 9.17) is 4.52 Å². The summed E-state index contributed by atoms with van der Waals surface area (Å²) in [6, 6.07) is 15.1. The number of halogens is 2. The summed E-state index contributed by atoms with van der Waals surface area (Å²) >= 11 is 3.41. The normalized spacial score (nSPS) is 10.9. The average Bonchev–Trinajstić information content (AvgIpc) is 3.04. The topological polar surface area (TPSA) is 68.0 Å². The molecular formula is C20H13BrFN3O2. The van der Waals surface area contributed by atoms with Gasteiger partial charge in [-0.3, -0.25) is 4.79 Å². The lowest BCUT2D eigenvalue weighted by molar-refractivity contribution is 0.102. The number of aromatic nitrogens is 2. The van der Waals surface area contributed by atoms with Gasteiger partial charge in [-0.1, -0.05) is 29.4 Å². The zero-order chi connectivity index (χ0) is 19.0. The Labute approximate surface area is 162 Å². The lowest BCUT2D eigenvalue weighted by Gasteiger charge is -2.10. The van der Waals surface area contributed by atoms with E-state index in [9.17, 15) is 9.18 Å². The third-order valence-electron chi connectivity index (χ3n) is 4.13. The maximum Gasteiger partial charge on any atom is 0.259 e. The number of hydrogen-bond acceptors (Lipinski definition) is 4. The van der Waals surface area contributed by atoms with Crippen LogP contribution < -0.4 is 5.32 Å². The molecule has 2 heterocycles. The van der Waals surface area contributed by atoms with Crippen LogP contribution in [0.2, 0.25) is 0 Å². The lowest BCUT2D eigenvalue weighted by atomic mass is 10.0. The maximum atomic E-state index is 14.2. The first-order valence-corrected chi connectivity index (χ1v) is 8.91. The Morgan fingerprint density at radius 2 is 1.89 bits per heavy atom. The summed E-state index contributed by atoms with van der Waals surface area (Å²) in [6.07, 6.45) is 0. The van der Waals surface area contributed by atoms with E-state index in [1.54, 1.807) is 37.3 Å². The van der Waals surface area contributed by atoms with Gasteiger partial charge in [0, 0.05) is 10.0 Å². The highest BCUT2D eigenvalue weighted by Crippen LogP contribution is 2.29. The van der Waals surface area contributed by atoms with Gasteiger partial charge in [0.05, 0.1) is 28.0 Å². The number of fused-ring (bicyclic) bond motifs is 1. The molecule has 134 valence electrons. The van der Waals surface area contributed by atoms with Crippen molar-refractivity contribution in [2.75, 3.05) is 5.32 Å². The van der Waals surface area contributed by atoms with Crippen LogP contribution in [0.5, 0.6) is 0 Å². The number of aryl methyl sites for hydroxylation is 1. The zero-order valence-electron chi connectivity index (χ0n) is 14.2. The quantitative estimate of drug-likeness (QED) is 0.480. The van der Waals surface area contributed by atoms with Gasteiger partial charge in [0.1, 0.15) is 5.82 Å². The number of anilines is 1. The second kappa shape index (κ2) is 6.92. The first-order chi connectivity index (χ1) is 13.0. The predicted molar refractivity (Wildman–Crippen MR) is 104 cm³/mol. The van der Waals surface area contributed by atoms with E-state index in [1.165, 1.54) is 6.07 Å². The van der Waals surface area contributed by atoms with Crippen LogP contribution >= 0.6 is 15.9 Å². The number of pyridine rings is 1. The minimum absolute atomic E-state index is 0.186. The first-order valence-electron chi connectivity index (χ1n) is 8.12. The number of amides is 1. The molecule has 0 aliphatic rings. The monoisotopic (exact) mass is 425 g/mol. The van der Waals surface area contributed by atoms with Gasteiger partial charge in [0.25, 0.3) is 11.6 Å². The van der Waals surface area contributed by atoms with Crippen LogP contribution in [-0.2, 0) is 0 Å². The van der Waals surface area contributed by atoms with E-state index in [-0.39, 0.29) is 17.2 Å². The van der Waals surface area contributed by atoms with Gasteiger partial charge in [-0.25, -0.2) is 9.37 Å². The third kappa shape index (κ3) is 3.21. The number of hydrogen-bond donors (Lipinski definition) is 1. The molecule has 5 nitrogen and oxygen atoms in total. The SMILES string of the molecule is Cc1noc2nc(-c3ccccc3F)cc(C(=O)Nc3ccccc3Br)c12. The molecule has 4 rings (SSSR count). The highest BCUT2D eigenvalue weighted by atomic mass is 79.9. The summed E-state index contributed by atoms with van der Waals surface area (Å²) in [5.74, 6) is -0.795. The average molecular weight is 426 g/mol. The number of para-hydroxylation sites is 1. The molecule has 0 bridgehead atoms. The minimum Gasteiger partial charge on any atom is -0.335 e. The van der Waals surface area contributed by atoms with E-state index in [0.717, 1.165) is 4.47 Å².